The largest absolute Gasteiger partial charge is 0.330 e. The maximum atomic E-state index is 5.64. The number of nitrogens with zero attached hydrogens (tertiary/aromatic N) is 1. The Kier molecular flexibility index (Phi) is 6.37. The quantitative estimate of drug-likeness (QED) is 0.804. The summed E-state index contributed by atoms with van der Waals surface area (Å²) in [4.78, 5) is 2.41. The Labute approximate surface area is 112 Å². The minimum atomic E-state index is 0.633. The molecule has 0 aliphatic carbocycles. The molecule has 0 spiro atoms. The van der Waals surface area contributed by atoms with Gasteiger partial charge in [0.15, 0.2) is 0 Å². The van der Waals surface area contributed by atoms with Crippen molar-refractivity contribution >= 4 is 0 Å². The summed E-state index contributed by atoms with van der Waals surface area (Å²) < 4.78 is 0. The first kappa shape index (κ1) is 15.2. The van der Waals surface area contributed by atoms with Crippen LogP contribution in [0.15, 0.2) is 18.2 Å². The van der Waals surface area contributed by atoms with Gasteiger partial charge in [-0.1, -0.05) is 30.7 Å². The molecular formula is C16H28N2. The molecule has 102 valence electrons. The minimum Gasteiger partial charge on any atom is -0.330 e. The van der Waals surface area contributed by atoms with E-state index in [9.17, 15) is 0 Å². The van der Waals surface area contributed by atoms with Crippen LogP contribution >= 0.6 is 0 Å². The van der Waals surface area contributed by atoms with E-state index in [0.29, 0.717) is 5.92 Å². The Morgan fingerprint density at radius 2 is 1.94 bits per heavy atom. The minimum absolute atomic E-state index is 0.633. The average molecular weight is 248 g/mol. The van der Waals surface area contributed by atoms with E-state index in [0.717, 1.165) is 26.1 Å². The van der Waals surface area contributed by atoms with Crippen LogP contribution in [0.3, 0.4) is 0 Å². The highest BCUT2D eigenvalue weighted by atomic mass is 15.1. The Morgan fingerprint density at radius 3 is 2.61 bits per heavy atom. The molecule has 1 unspecified atom stereocenters. The summed E-state index contributed by atoms with van der Waals surface area (Å²) in [6.07, 6.45) is 2.33. The maximum Gasteiger partial charge on any atom is 0.00189 e. The summed E-state index contributed by atoms with van der Waals surface area (Å²) >= 11 is 0. The van der Waals surface area contributed by atoms with E-state index in [1.54, 1.807) is 0 Å². The predicted molar refractivity (Wildman–Crippen MR) is 80.0 cm³/mol. The van der Waals surface area contributed by atoms with E-state index < -0.39 is 0 Å². The summed E-state index contributed by atoms with van der Waals surface area (Å²) in [5.74, 6) is 0.633. The first-order chi connectivity index (χ1) is 8.52. The third-order valence-corrected chi connectivity index (χ3v) is 3.67. The molecule has 0 heterocycles. The molecular weight excluding hydrogens is 220 g/mol. The second kappa shape index (κ2) is 7.55. The van der Waals surface area contributed by atoms with Crippen molar-refractivity contribution < 1.29 is 0 Å². The van der Waals surface area contributed by atoms with Crippen LogP contribution in [0.25, 0.3) is 0 Å². The highest BCUT2D eigenvalue weighted by Crippen LogP contribution is 2.12. The molecule has 2 heteroatoms. The van der Waals surface area contributed by atoms with Gasteiger partial charge >= 0.3 is 0 Å². The van der Waals surface area contributed by atoms with Crippen molar-refractivity contribution in [3.63, 3.8) is 0 Å². The normalized spacial score (nSPS) is 13.0. The van der Waals surface area contributed by atoms with Gasteiger partial charge in [-0.25, -0.2) is 0 Å². The molecule has 0 aliphatic rings. The molecule has 0 bridgehead atoms. The molecule has 1 rings (SSSR count). The van der Waals surface area contributed by atoms with Crippen LogP contribution in [-0.2, 0) is 6.42 Å². The van der Waals surface area contributed by atoms with Crippen molar-refractivity contribution in [1.82, 2.24) is 4.90 Å². The van der Waals surface area contributed by atoms with E-state index in [-0.39, 0.29) is 0 Å². The summed E-state index contributed by atoms with van der Waals surface area (Å²) in [6.45, 7) is 9.65. The Bertz CT molecular complexity index is 360. The molecule has 2 nitrogen and oxygen atoms in total. The van der Waals surface area contributed by atoms with Gasteiger partial charge in [-0.05, 0) is 63.9 Å². The third-order valence-electron chi connectivity index (χ3n) is 3.67. The fraction of sp³-hybridized carbons (Fsp3) is 0.625. The second-order valence-corrected chi connectivity index (χ2v) is 5.61. The molecule has 1 aromatic rings. The summed E-state index contributed by atoms with van der Waals surface area (Å²) in [5.41, 5.74) is 9.88. The van der Waals surface area contributed by atoms with Crippen molar-refractivity contribution in [2.45, 2.75) is 33.6 Å². The first-order valence-electron chi connectivity index (χ1n) is 6.97. The van der Waals surface area contributed by atoms with Crippen LogP contribution in [-0.4, -0.2) is 31.6 Å². The molecule has 2 N–H and O–H groups in total. The van der Waals surface area contributed by atoms with E-state index in [1.165, 1.54) is 23.1 Å². The smallest absolute Gasteiger partial charge is 0.00189 e. The van der Waals surface area contributed by atoms with Gasteiger partial charge in [-0.2, -0.15) is 0 Å². The van der Waals surface area contributed by atoms with E-state index in [1.807, 2.05) is 0 Å². The van der Waals surface area contributed by atoms with Crippen molar-refractivity contribution in [2.75, 3.05) is 26.7 Å². The van der Waals surface area contributed by atoms with Gasteiger partial charge < -0.3 is 10.6 Å². The lowest BCUT2D eigenvalue weighted by atomic mass is 10.0. The highest BCUT2D eigenvalue weighted by molar-refractivity contribution is 5.30. The number of hydrogen-bond donors (Lipinski definition) is 1. The van der Waals surface area contributed by atoms with Gasteiger partial charge in [-0.3, -0.25) is 0 Å². The number of rotatable bonds is 7. The number of benzene rings is 1. The standard InChI is InChI=1S/C16H28N2/c1-13-5-6-15(3)16(11-13)8-10-18(4)9-7-14(2)12-17/h5-6,11,14H,7-10,12,17H2,1-4H3. The lowest BCUT2D eigenvalue weighted by molar-refractivity contribution is 0.310. The van der Waals surface area contributed by atoms with Crippen molar-refractivity contribution in [1.29, 1.82) is 0 Å². The number of nitrogens with two attached hydrogens (primary N) is 1. The zero-order valence-corrected chi connectivity index (χ0v) is 12.4. The van der Waals surface area contributed by atoms with E-state index >= 15 is 0 Å². The number of likely N-dealkylation sites (N-methyl/N-ethyl adjacent to an activating group) is 1. The van der Waals surface area contributed by atoms with E-state index in [4.69, 9.17) is 5.73 Å². The topological polar surface area (TPSA) is 29.3 Å². The number of aryl methyl sites for hydroxylation is 2. The SMILES string of the molecule is Cc1ccc(C)c(CCN(C)CCC(C)CN)c1. The van der Waals surface area contributed by atoms with Crippen LogP contribution in [0.1, 0.15) is 30.0 Å². The van der Waals surface area contributed by atoms with Gasteiger partial charge in [0, 0.05) is 6.54 Å². The third kappa shape index (κ3) is 5.19. The van der Waals surface area contributed by atoms with E-state index in [2.05, 4.69) is 50.9 Å². The summed E-state index contributed by atoms with van der Waals surface area (Å²) in [6, 6.07) is 6.72. The van der Waals surface area contributed by atoms with Crippen molar-refractivity contribution in [2.24, 2.45) is 11.7 Å². The monoisotopic (exact) mass is 248 g/mol. The molecule has 0 fully saturated rings. The van der Waals surface area contributed by atoms with Gasteiger partial charge in [0.05, 0.1) is 0 Å². The fourth-order valence-corrected chi connectivity index (χ4v) is 2.05. The van der Waals surface area contributed by atoms with Gasteiger partial charge in [0.1, 0.15) is 0 Å². The van der Waals surface area contributed by atoms with Crippen molar-refractivity contribution in [3.8, 4) is 0 Å². The van der Waals surface area contributed by atoms with Gasteiger partial charge in [0.2, 0.25) is 0 Å². The highest BCUT2D eigenvalue weighted by Gasteiger charge is 2.05. The molecule has 0 saturated carbocycles. The molecule has 0 aliphatic heterocycles. The molecule has 0 amide bonds. The Hall–Kier alpha value is -0.860. The summed E-state index contributed by atoms with van der Waals surface area (Å²) in [5, 5.41) is 0. The molecule has 18 heavy (non-hydrogen) atoms. The van der Waals surface area contributed by atoms with Gasteiger partial charge in [-0.15, -0.1) is 0 Å². The van der Waals surface area contributed by atoms with Crippen molar-refractivity contribution in [3.05, 3.63) is 34.9 Å². The zero-order chi connectivity index (χ0) is 13.5. The summed E-state index contributed by atoms with van der Waals surface area (Å²) in [7, 11) is 2.20. The Morgan fingerprint density at radius 1 is 1.22 bits per heavy atom. The second-order valence-electron chi connectivity index (χ2n) is 5.61. The lowest BCUT2D eigenvalue weighted by Crippen LogP contribution is -2.25. The molecule has 0 radical (unpaired) electrons. The van der Waals surface area contributed by atoms with Crippen LogP contribution < -0.4 is 5.73 Å². The van der Waals surface area contributed by atoms with Crippen LogP contribution in [0.5, 0.6) is 0 Å². The maximum absolute atomic E-state index is 5.64. The van der Waals surface area contributed by atoms with Crippen LogP contribution in [0.2, 0.25) is 0 Å². The molecule has 0 saturated heterocycles. The average Bonchev–Trinajstić information content (AvgIpc) is 2.36. The van der Waals surface area contributed by atoms with Crippen LogP contribution in [0, 0.1) is 19.8 Å². The molecule has 0 aromatic heterocycles. The molecule has 1 aromatic carbocycles. The first-order valence-corrected chi connectivity index (χ1v) is 6.97. The van der Waals surface area contributed by atoms with Crippen LogP contribution in [0.4, 0.5) is 0 Å². The molecule has 1 atom stereocenters. The fourth-order valence-electron chi connectivity index (χ4n) is 2.05. The van der Waals surface area contributed by atoms with Gasteiger partial charge in [0.25, 0.3) is 0 Å². The zero-order valence-electron chi connectivity index (χ0n) is 12.4. The Balaban J connectivity index is 2.37. The lowest BCUT2D eigenvalue weighted by Gasteiger charge is -2.19. The number of hydrogen-bond acceptors (Lipinski definition) is 2. The predicted octanol–water partition coefficient (Wildman–Crippen LogP) is 2.76.